The Morgan fingerprint density at radius 1 is 1.44 bits per heavy atom. The van der Waals surface area contributed by atoms with E-state index in [0.29, 0.717) is 6.33 Å². The quantitative estimate of drug-likeness (QED) is 0.401. The first kappa shape index (κ1) is 8.01. The van der Waals surface area contributed by atoms with Crippen molar-refractivity contribution in [1.82, 2.24) is 0 Å². The second-order valence-electron chi connectivity index (χ2n) is 1.62. The van der Waals surface area contributed by atoms with Gasteiger partial charge in [0.1, 0.15) is 12.7 Å². The van der Waals surface area contributed by atoms with E-state index < -0.39 is 0 Å². The maximum Gasteiger partial charge on any atom is 0.115 e. The minimum atomic E-state index is 0.358. The third-order valence-electron chi connectivity index (χ3n) is 0.525. The van der Waals surface area contributed by atoms with Crippen LogP contribution in [0.4, 0.5) is 4.39 Å². The minimum absolute atomic E-state index is 0.358. The molecular formula is C6H9FN2. The van der Waals surface area contributed by atoms with Crippen molar-refractivity contribution in [2.75, 3.05) is 0 Å². The molecule has 0 rings (SSSR count). The summed E-state index contributed by atoms with van der Waals surface area (Å²) in [4.78, 5) is 7.23. The van der Waals surface area contributed by atoms with Gasteiger partial charge >= 0.3 is 0 Å². The summed E-state index contributed by atoms with van der Waals surface area (Å²) in [6, 6.07) is 0. The van der Waals surface area contributed by atoms with Crippen LogP contribution in [0.15, 0.2) is 22.5 Å². The second kappa shape index (κ2) is 5.15. The number of halogens is 1. The van der Waals surface area contributed by atoms with Crippen LogP contribution in [0, 0.1) is 0 Å². The zero-order chi connectivity index (χ0) is 7.11. The maximum absolute atomic E-state index is 11.2. The van der Waals surface area contributed by atoms with Crippen molar-refractivity contribution < 1.29 is 4.39 Å². The average molecular weight is 128 g/mol. The molecule has 0 aliphatic carbocycles. The van der Waals surface area contributed by atoms with Gasteiger partial charge in [-0.05, 0) is 13.8 Å². The Morgan fingerprint density at radius 3 is 2.56 bits per heavy atom. The van der Waals surface area contributed by atoms with Crippen LogP contribution in [-0.4, -0.2) is 12.1 Å². The summed E-state index contributed by atoms with van der Waals surface area (Å²) in [5, 5.41) is 0. The van der Waals surface area contributed by atoms with E-state index in [1.807, 2.05) is 13.8 Å². The standard InChI is InChI=1S/C6H9FN2/c1-6(2)9-5-8-4-3-7/h3-5H,1-2H3/b4-3+,8-5-. The Bertz CT molecular complexity index is 143. The molecule has 0 unspecified atom stereocenters. The maximum atomic E-state index is 11.2. The van der Waals surface area contributed by atoms with Gasteiger partial charge in [-0.25, -0.2) is 14.4 Å². The Hall–Kier alpha value is -0.990. The molecule has 0 bridgehead atoms. The number of hydrogen-bond donors (Lipinski definition) is 0. The molecule has 0 aromatic rings. The molecule has 0 spiro atoms. The summed E-state index contributed by atoms with van der Waals surface area (Å²) in [5.74, 6) is 0. The third-order valence-corrected chi connectivity index (χ3v) is 0.525. The summed E-state index contributed by atoms with van der Waals surface area (Å²) >= 11 is 0. The zero-order valence-corrected chi connectivity index (χ0v) is 5.50. The number of aliphatic imine (C=N–C) groups is 2. The number of hydrogen-bond acceptors (Lipinski definition) is 1. The third kappa shape index (κ3) is 7.01. The van der Waals surface area contributed by atoms with E-state index in [4.69, 9.17) is 0 Å². The van der Waals surface area contributed by atoms with Gasteiger partial charge in [-0.15, -0.1) is 0 Å². The van der Waals surface area contributed by atoms with Crippen LogP contribution in [0.3, 0.4) is 0 Å². The monoisotopic (exact) mass is 128 g/mol. The van der Waals surface area contributed by atoms with Crippen molar-refractivity contribution in [2.24, 2.45) is 9.98 Å². The molecule has 0 aliphatic rings. The molecule has 0 heterocycles. The topological polar surface area (TPSA) is 24.7 Å². The van der Waals surface area contributed by atoms with Gasteiger partial charge in [0.25, 0.3) is 0 Å². The predicted molar refractivity (Wildman–Crippen MR) is 37.5 cm³/mol. The normalized spacial score (nSPS) is 11.0. The van der Waals surface area contributed by atoms with E-state index in [9.17, 15) is 4.39 Å². The van der Waals surface area contributed by atoms with Crippen LogP contribution in [0.1, 0.15) is 13.8 Å². The van der Waals surface area contributed by atoms with E-state index >= 15 is 0 Å². The molecule has 0 aromatic heterocycles. The zero-order valence-electron chi connectivity index (χ0n) is 5.50. The summed E-state index contributed by atoms with van der Waals surface area (Å²) in [6.07, 6.45) is 2.69. The molecule has 2 nitrogen and oxygen atoms in total. The Kier molecular flexibility index (Phi) is 4.59. The van der Waals surface area contributed by atoms with Gasteiger partial charge in [0, 0.05) is 5.71 Å². The lowest BCUT2D eigenvalue weighted by Crippen LogP contribution is -1.78. The van der Waals surface area contributed by atoms with Crippen LogP contribution < -0.4 is 0 Å². The molecule has 0 aromatic carbocycles. The molecule has 9 heavy (non-hydrogen) atoms. The van der Waals surface area contributed by atoms with Crippen molar-refractivity contribution in [1.29, 1.82) is 0 Å². The molecule has 0 aliphatic heterocycles. The molecule has 3 heteroatoms. The first-order valence-corrected chi connectivity index (χ1v) is 2.55. The van der Waals surface area contributed by atoms with Crippen LogP contribution in [0.25, 0.3) is 0 Å². The van der Waals surface area contributed by atoms with Gasteiger partial charge in [-0.2, -0.15) is 0 Å². The van der Waals surface area contributed by atoms with E-state index in [1.54, 1.807) is 0 Å². The van der Waals surface area contributed by atoms with Crippen molar-refractivity contribution in [3.63, 3.8) is 0 Å². The predicted octanol–water partition coefficient (Wildman–Crippen LogP) is 1.94. The van der Waals surface area contributed by atoms with Crippen LogP contribution in [0.5, 0.6) is 0 Å². The molecular weight excluding hydrogens is 119 g/mol. The highest BCUT2D eigenvalue weighted by Gasteiger charge is 1.69. The van der Waals surface area contributed by atoms with Gasteiger partial charge < -0.3 is 0 Å². The average Bonchev–Trinajstić information content (AvgIpc) is 1.80. The van der Waals surface area contributed by atoms with Crippen LogP contribution in [-0.2, 0) is 0 Å². The minimum Gasteiger partial charge on any atom is -0.246 e. The lowest BCUT2D eigenvalue weighted by atomic mass is 10.5. The highest BCUT2D eigenvalue weighted by molar-refractivity contribution is 5.86. The van der Waals surface area contributed by atoms with Crippen molar-refractivity contribution >= 4 is 12.1 Å². The number of rotatable bonds is 2. The van der Waals surface area contributed by atoms with E-state index in [0.717, 1.165) is 11.9 Å². The fraction of sp³-hybridized carbons (Fsp3) is 0.333. The first-order valence-electron chi connectivity index (χ1n) is 2.55. The SMILES string of the molecule is CC(C)=N/C=N\C=C\F. The highest BCUT2D eigenvalue weighted by atomic mass is 19.1. The summed E-state index contributed by atoms with van der Waals surface area (Å²) in [7, 11) is 0. The van der Waals surface area contributed by atoms with Gasteiger partial charge in [0.15, 0.2) is 0 Å². The van der Waals surface area contributed by atoms with Crippen molar-refractivity contribution in [3.05, 3.63) is 12.5 Å². The fourth-order valence-electron chi connectivity index (χ4n) is 0.220. The van der Waals surface area contributed by atoms with Crippen LogP contribution >= 0.6 is 0 Å². The van der Waals surface area contributed by atoms with Gasteiger partial charge in [-0.3, -0.25) is 0 Å². The first-order chi connectivity index (χ1) is 4.27. The van der Waals surface area contributed by atoms with Gasteiger partial charge in [0.05, 0.1) is 6.20 Å². The van der Waals surface area contributed by atoms with Crippen molar-refractivity contribution in [2.45, 2.75) is 13.8 Å². The van der Waals surface area contributed by atoms with Crippen molar-refractivity contribution in [3.8, 4) is 0 Å². The number of nitrogens with zero attached hydrogens (tertiary/aromatic N) is 2. The van der Waals surface area contributed by atoms with Gasteiger partial charge in [0.2, 0.25) is 0 Å². The smallest absolute Gasteiger partial charge is 0.115 e. The largest absolute Gasteiger partial charge is 0.246 e. The molecule has 0 radical (unpaired) electrons. The summed E-state index contributed by atoms with van der Waals surface area (Å²) in [6.45, 7) is 3.68. The molecule has 0 N–H and O–H groups in total. The fourth-order valence-corrected chi connectivity index (χ4v) is 0.220. The van der Waals surface area contributed by atoms with E-state index in [1.165, 1.54) is 6.34 Å². The van der Waals surface area contributed by atoms with Gasteiger partial charge in [-0.1, -0.05) is 0 Å². The van der Waals surface area contributed by atoms with E-state index in [2.05, 4.69) is 9.98 Å². The molecule has 50 valence electrons. The Balaban J connectivity index is 3.60. The Labute approximate surface area is 53.8 Å². The lowest BCUT2D eigenvalue weighted by molar-refractivity contribution is 0.718. The Morgan fingerprint density at radius 2 is 2.11 bits per heavy atom. The van der Waals surface area contributed by atoms with Crippen LogP contribution in [0.2, 0.25) is 0 Å². The summed E-state index contributed by atoms with van der Waals surface area (Å²) < 4.78 is 11.2. The molecule has 0 saturated heterocycles. The molecule has 0 saturated carbocycles. The molecule has 0 atom stereocenters. The highest BCUT2D eigenvalue weighted by Crippen LogP contribution is 1.75. The molecule has 0 amide bonds. The summed E-state index contributed by atoms with van der Waals surface area (Å²) in [5.41, 5.74) is 0.894. The lowest BCUT2D eigenvalue weighted by Gasteiger charge is -1.78. The molecule has 0 fully saturated rings. The van der Waals surface area contributed by atoms with E-state index in [-0.39, 0.29) is 0 Å². The second-order valence-corrected chi connectivity index (χ2v) is 1.62.